The summed E-state index contributed by atoms with van der Waals surface area (Å²) in [5.41, 5.74) is 0.133. The number of rotatable bonds is 3. The van der Waals surface area contributed by atoms with Gasteiger partial charge in [-0.1, -0.05) is 0 Å². The van der Waals surface area contributed by atoms with Gasteiger partial charge in [0.1, 0.15) is 5.75 Å². The minimum Gasteiger partial charge on any atom is -0.858 e. The molecule has 0 N–H and O–H groups in total. The van der Waals surface area contributed by atoms with Crippen LogP contribution in [0.15, 0.2) is 22.6 Å². The second-order valence-electron chi connectivity index (χ2n) is 2.97. The molecule has 0 spiro atoms. The van der Waals surface area contributed by atoms with E-state index in [0.717, 1.165) is 9.83 Å². The summed E-state index contributed by atoms with van der Waals surface area (Å²) >= 11 is 2.06. The maximum absolute atomic E-state index is 11.5. The van der Waals surface area contributed by atoms with E-state index >= 15 is 0 Å². The van der Waals surface area contributed by atoms with E-state index < -0.39 is 15.9 Å². The first-order valence-corrected chi connectivity index (χ1v) is 7.07. The van der Waals surface area contributed by atoms with E-state index in [0.29, 0.717) is 5.75 Å². The smallest absolute Gasteiger partial charge is 0.249 e. The first kappa shape index (κ1) is 13.2. The summed E-state index contributed by atoms with van der Waals surface area (Å²) in [6.45, 7) is 0. The number of methoxy groups -OCH3 is 1. The predicted molar refractivity (Wildman–Crippen MR) is 67.1 cm³/mol. The Kier molecular flexibility index (Phi) is 4.14. The second-order valence-corrected chi connectivity index (χ2v) is 5.87. The fraction of sp³-hybridized carbons (Fsp3) is 0.222. The van der Waals surface area contributed by atoms with Gasteiger partial charge >= 0.3 is 0 Å². The summed E-state index contributed by atoms with van der Waals surface area (Å²) in [6.07, 6.45) is 0.865. The van der Waals surface area contributed by atoms with Crippen molar-refractivity contribution in [1.29, 1.82) is 0 Å². The molecule has 0 radical (unpaired) electrons. The third kappa shape index (κ3) is 3.63. The summed E-state index contributed by atoms with van der Waals surface area (Å²) in [7, 11) is -2.28. The van der Waals surface area contributed by atoms with Crippen LogP contribution in [0.25, 0.3) is 0 Å². The number of ether oxygens (including phenoxy) is 1. The fourth-order valence-corrected chi connectivity index (χ4v) is 1.90. The Bertz CT molecular complexity index is 524. The summed E-state index contributed by atoms with van der Waals surface area (Å²) in [6, 6.07) is 4.79. The van der Waals surface area contributed by atoms with Crippen LogP contribution in [0.1, 0.15) is 5.56 Å². The summed E-state index contributed by atoms with van der Waals surface area (Å²) in [5, 5.41) is 11.5. The highest BCUT2D eigenvalue weighted by Gasteiger charge is 2.05. The van der Waals surface area contributed by atoms with Gasteiger partial charge in [0, 0.05) is 15.0 Å². The van der Waals surface area contributed by atoms with E-state index in [1.54, 1.807) is 12.1 Å². The number of nitrogens with zero attached hydrogens (tertiary/aromatic N) is 1. The molecule has 0 aliphatic rings. The van der Waals surface area contributed by atoms with Gasteiger partial charge in [-0.3, -0.25) is 0 Å². The molecular weight excluding hydrogens is 345 g/mol. The van der Waals surface area contributed by atoms with Crippen molar-refractivity contribution in [1.82, 2.24) is 0 Å². The molecule has 0 atom stereocenters. The fourth-order valence-electron chi connectivity index (χ4n) is 1.04. The van der Waals surface area contributed by atoms with E-state index in [4.69, 9.17) is 4.74 Å². The van der Waals surface area contributed by atoms with E-state index in [2.05, 4.69) is 27.0 Å². The minimum absolute atomic E-state index is 0.133. The normalized spacial score (nSPS) is 12.6. The van der Waals surface area contributed by atoms with Crippen LogP contribution in [0.5, 0.6) is 5.75 Å². The summed E-state index contributed by atoms with van der Waals surface area (Å²) < 4.78 is 30.6. The van der Waals surface area contributed by atoms with Crippen molar-refractivity contribution < 1.29 is 18.3 Å². The van der Waals surface area contributed by atoms with Crippen LogP contribution in [0, 0.1) is 3.57 Å². The first-order valence-electron chi connectivity index (χ1n) is 4.14. The molecule has 1 aromatic carbocycles. The molecule has 0 unspecified atom stereocenters. The molecular formula is C9H9INO4S-. The van der Waals surface area contributed by atoms with E-state index in [9.17, 15) is 13.5 Å². The minimum atomic E-state index is -3.69. The highest BCUT2D eigenvalue weighted by atomic mass is 127. The third-order valence-electron chi connectivity index (χ3n) is 1.64. The van der Waals surface area contributed by atoms with Crippen LogP contribution in [0.2, 0.25) is 0 Å². The number of sulfonamides is 1. The van der Waals surface area contributed by atoms with Gasteiger partial charge < -0.3 is 9.84 Å². The Hall–Kier alpha value is -0.830. The van der Waals surface area contributed by atoms with Gasteiger partial charge in [-0.15, -0.1) is 0 Å². The van der Waals surface area contributed by atoms with Crippen molar-refractivity contribution in [3.8, 4) is 5.75 Å². The largest absolute Gasteiger partial charge is 0.858 e. The molecule has 16 heavy (non-hydrogen) atoms. The Morgan fingerprint density at radius 3 is 2.62 bits per heavy atom. The Morgan fingerprint density at radius 2 is 2.12 bits per heavy atom. The van der Waals surface area contributed by atoms with Crippen molar-refractivity contribution in [2.75, 3.05) is 13.4 Å². The van der Waals surface area contributed by atoms with Crippen LogP contribution in [-0.2, 0) is 10.0 Å². The lowest BCUT2D eigenvalue weighted by molar-refractivity contribution is -0.212. The lowest BCUT2D eigenvalue weighted by Crippen LogP contribution is -2.21. The van der Waals surface area contributed by atoms with Crippen LogP contribution in [0.3, 0.4) is 0 Å². The van der Waals surface area contributed by atoms with Crippen LogP contribution >= 0.6 is 22.6 Å². The molecule has 88 valence electrons. The van der Waals surface area contributed by atoms with Gasteiger partial charge in [-0.2, -0.15) is 4.40 Å². The van der Waals surface area contributed by atoms with Crippen molar-refractivity contribution in [3.05, 3.63) is 27.3 Å². The highest BCUT2D eigenvalue weighted by molar-refractivity contribution is 14.1. The average molecular weight is 354 g/mol. The second kappa shape index (κ2) is 5.00. The van der Waals surface area contributed by atoms with Crippen LogP contribution in [-0.4, -0.2) is 27.7 Å². The summed E-state index contributed by atoms with van der Waals surface area (Å²) in [4.78, 5) is 0. The molecule has 1 rings (SSSR count). The van der Waals surface area contributed by atoms with Gasteiger partial charge in [0.25, 0.3) is 0 Å². The molecule has 5 nitrogen and oxygen atoms in total. The first-order chi connectivity index (χ1) is 7.33. The molecule has 0 aromatic heterocycles. The molecule has 0 fully saturated rings. The zero-order valence-electron chi connectivity index (χ0n) is 8.60. The van der Waals surface area contributed by atoms with Gasteiger partial charge in [0.05, 0.1) is 13.4 Å². The van der Waals surface area contributed by atoms with Gasteiger partial charge in [-0.05, 0) is 40.8 Å². The van der Waals surface area contributed by atoms with E-state index in [-0.39, 0.29) is 5.56 Å². The van der Waals surface area contributed by atoms with E-state index in [1.807, 2.05) is 0 Å². The molecule has 1 aromatic rings. The molecule has 0 heterocycles. The zero-order valence-corrected chi connectivity index (χ0v) is 11.6. The number of hydrogen-bond donors (Lipinski definition) is 0. The molecule has 0 amide bonds. The quantitative estimate of drug-likeness (QED) is 0.446. The van der Waals surface area contributed by atoms with E-state index in [1.165, 1.54) is 13.2 Å². The number of halogens is 1. The molecule has 0 saturated carbocycles. The standard InChI is InChI=1S/C9H10INO4S/c1-15-8-5-6(10)3-4-7(8)9(12)11-16(2,13)14/h3-5H,1-2H3,(H,11,12)/p-1. The maximum Gasteiger partial charge on any atom is 0.249 e. The van der Waals surface area contributed by atoms with Crippen molar-refractivity contribution in [2.45, 2.75) is 0 Å². The van der Waals surface area contributed by atoms with Gasteiger partial charge in [-0.25, -0.2) is 8.42 Å². The Balaban J connectivity index is 3.29. The van der Waals surface area contributed by atoms with Crippen molar-refractivity contribution >= 4 is 38.5 Å². The number of hydrogen-bond acceptors (Lipinski definition) is 4. The predicted octanol–water partition coefficient (Wildman–Crippen LogP) is 0.366. The summed E-state index contributed by atoms with van der Waals surface area (Å²) in [5.74, 6) is -0.514. The number of benzene rings is 1. The van der Waals surface area contributed by atoms with Gasteiger partial charge in [0.15, 0.2) is 0 Å². The SMILES string of the molecule is COc1cc(I)ccc1/C([O-])=N/S(C)(=O)=O. The van der Waals surface area contributed by atoms with Crippen LogP contribution < -0.4 is 9.84 Å². The molecule has 7 heteroatoms. The maximum atomic E-state index is 11.5. The van der Waals surface area contributed by atoms with Crippen LogP contribution in [0.4, 0.5) is 0 Å². The Morgan fingerprint density at radius 1 is 1.50 bits per heavy atom. The highest BCUT2D eigenvalue weighted by Crippen LogP contribution is 2.21. The lowest BCUT2D eigenvalue weighted by atomic mass is 10.2. The van der Waals surface area contributed by atoms with Crippen molar-refractivity contribution in [2.24, 2.45) is 4.40 Å². The molecule has 0 saturated heterocycles. The molecule has 0 aliphatic heterocycles. The molecule has 0 aliphatic carbocycles. The monoisotopic (exact) mass is 354 g/mol. The lowest BCUT2D eigenvalue weighted by Gasteiger charge is -2.14. The Labute approximate surface area is 107 Å². The topological polar surface area (TPSA) is 78.8 Å². The third-order valence-corrected chi connectivity index (χ3v) is 2.81. The van der Waals surface area contributed by atoms with Crippen molar-refractivity contribution in [3.63, 3.8) is 0 Å². The van der Waals surface area contributed by atoms with Gasteiger partial charge in [0.2, 0.25) is 10.0 Å². The zero-order chi connectivity index (χ0) is 12.3. The average Bonchev–Trinajstić information content (AvgIpc) is 2.14. The molecule has 0 bridgehead atoms.